The van der Waals surface area contributed by atoms with E-state index in [4.69, 9.17) is 11.6 Å². The van der Waals surface area contributed by atoms with Crippen LogP contribution in [0.5, 0.6) is 0 Å². The Morgan fingerprint density at radius 3 is 2.87 bits per heavy atom. The predicted molar refractivity (Wildman–Crippen MR) is 60.7 cm³/mol. The number of halogens is 2. The highest BCUT2D eigenvalue weighted by Gasteiger charge is 2.21. The fourth-order valence-corrected chi connectivity index (χ4v) is 1.85. The van der Waals surface area contributed by atoms with Gasteiger partial charge >= 0.3 is 5.97 Å². The van der Waals surface area contributed by atoms with Crippen LogP contribution >= 0.6 is 27.5 Å². The van der Waals surface area contributed by atoms with Crippen LogP contribution in [0.2, 0.25) is 5.02 Å². The molecule has 0 aliphatic rings. The molecule has 0 bridgehead atoms. The first-order valence-electron chi connectivity index (χ1n) is 4.36. The van der Waals surface area contributed by atoms with Gasteiger partial charge in [-0.1, -0.05) is 33.6 Å². The summed E-state index contributed by atoms with van der Waals surface area (Å²) < 4.78 is 5.47. The minimum Gasteiger partial charge on any atom is -0.464 e. The normalized spacial score (nSPS) is 12.3. The molecule has 1 N–H and O–H groups in total. The van der Waals surface area contributed by atoms with Gasteiger partial charge in [0, 0.05) is 15.1 Å². The first-order valence-corrected chi connectivity index (χ1v) is 5.53. The molecular weight excluding hydrogens is 283 g/mol. The number of aliphatic hydroxyl groups is 1. The van der Waals surface area contributed by atoms with E-state index in [0.29, 0.717) is 10.6 Å². The number of hydrogen-bond acceptors (Lipinski definition) is 3. The van der Waals surface area contributed by atoms with Gasteiger partial charge in [-0.15, -0.1) is 0 Å². The first-order chi connectivity index (χ1) is 7.06. The van der Waals surface area contributed by atoms with E-state index in [1.807, 2.05) is 0 Å². The smallest absolute Gasteiger partial charge is 0.339 e. The Labute approximate surface area is 101 Å². The largest absolute Gasteiger partial charge is 0.464 e. The summed E-state index contributed by atoms with van der Waals surface area (Å²) in [5.74, 6) is -0.693. The summed E-state index contributed by atoms with van der Waals surface area (Å²) in [7, 11) is 0. The third-order valence-electron chi connectivity index (χ3n) is 1.77. The molecule has 1 unspecified atom stereocenters. The van der Waals surface area contributed by atoms with E-state index in [0.717, 1.165) is 4.47 Å². The van der Waals surface area contributed by atoms with Gasteiger partial charge in [-0.05, 0) is 19.1 Å². The second-order valence-electron chi connectivity index (χ2n) is 2.82. The number of esters is 1. The van der Waals surface area contributed by atoms with Crippen LogP contribution < -0.4 is 0 Å². The topological polar surface area (TPSA) is 46.5 Å². The van der Waals surface area contributed by atoms with Gasteiger partial charge in [-0.25, -0.2) is 4.79 Å². The van der Waals surface area contributed by atoms with Gasteiger partial charge in [0.2, 0.25) is 0 Å². The van der Waals surface area contributed by atoms with Gasteiger partial charge in [0.05, 0.1) is 6.61 Å². The van der Waals surface area contributed by atoms with E-state index in [-0.39, 0.29) is 6.61 Å². The van der Waals surface area contributed by atoms with Crippen LogP contribution in [0.25, 0.3) is 0 Å². The third-order valence-corrected chi connectivity index (χ3v) is 2.59. The van der Waals surface area contributed by atoms with E-state index < -0.39 is 12.1 Å². The molecule has 0 saturated heterocycles. The van der Waals surface area contributed by atoms with Crippen LogP contribution in [0, 0.1) is 0 Å². The first kappa shape index (κ1) is 12.5. The molecule has 3 nitrogen and oxygen atoms in total. The minimum atomic E-state index is -1.33. The van der Waals surface area contributed by atoms with E-state index in [2.05, 4.69) is 20.7 Å². The molecule has 1 aromatic rings. The van der Waals surface area contributed by atoms with Gasteiger partial charge in [-0.2, -0.15) is 0 Å². The zero-order chi connectivity index (χ0) is 11.4. The Morgan fingerprint density at radius 1 is 1.67 bits per heavy atom. The molecular formula is C10H10BrClO3. The maximum atomic E-state index is 11.2. The molecule has 0 aliphatic carbocycles. The molecule has 5 heteroatoms. The van der Waals surface area contributed by atoms with Crippen LogP contribution in [-0.4, -0.2) is 17.7 Å². The van der Waals surface area contributed by atoms with Crippen molar-refractivity contribution >= 4 is 33.5 Å². The summed E-state index contributed by atoms with van der Waals surface area (Å²) in [6.07, 6.45) is -1.33. The Kier molecular flexibility index (Phi) is 4.57. The van der Waals surface area contributed by atoms with Gasteiger partial charge in [0.25, 0.3) is 0 Å². The summed E-state index contributed by atoms with van der Waals surface area (Å²) >= 11 is 9.10. The van der Waals surface area contributed by atoms with Crippen molar-refractivity contribution in [2.24, 2.45) is 0 Å². The van der Waals surface area contributed by atoms with Crippen molar-refractivity contribution in [2.45, 2.75) is 13.0 Å². The van der Waals surface area contributed by atoms with Crippen molar-refractivity contribution < 1.29 is 14.6 Å². The number of hydrogen-bond donors (Lipinski definition) is 1. The lowest BCUT2D eigenvalue weighted by atomic mass is 10.1. The molecule has 82 valence electrons. The quantitative estimate of drug-likeness (QED) is 0.872. The molecule has 0 radical (unpaired) electrons. The third kappa shape index (κ3) is 3.19. The van der Waals surface area contributed by atoms with Crippen LogP contribution in [0.4, 0.5) is 0 Å². The fourth-order valence-electron chi connectivity index (χ4n) is 1.07. The molecule has 1 aromatic carbocycles. The average Bonchev–Trinajstić information content (AvgIpc) is 2.17. The van der Waals surface area contributed by atoms with Crippen molar-refractivity contribution in [3.8, 4) is 0 Å². The molecule has 0 spiro atoms. The molecule has 1 rings (SSSR count). The fraction of sp³-hybridized carbons (Fsp3) is 0.300. The van der Waals surface area contributed by atoms with Gasteiger partial charge in [0.15, 0.2) is 6.10 Å². The van der Waals surface area contributed by atoms with E-state index in [9.17, 15) is 9.90 Å². The molecule has 1 atom stereocenters. The molecule has 0 aromatic heterocycles. The van der Waals surface area contributed by atoms with Crippen molar-refractivity contribution in [2.75, 3.05) is 6.61 Å². The van der Waals surface area contributed by atoms with E-state index in [1.165, 1.54) is 0 Å². The molecule has 0 heterocycles. The van der Waals surface area contributed by atoms with Crippen molar-refractivity contribution in [3.05, 3.63) is 33.3 Å². The second kappa shape index (κ2) is 5.49. The number of benzene rings is 1. The number of carbonyl (C=O) groups excluding carboxylic acids is 1. The highest BCUT2D eigenvalue weighted by Crippen LogP contribution is 2.27. The molecule has 0 saturated carbocycles. The number of aliphatic hydroxyl groups excluding tert-OH is 1. The average molecular weight is 294 g/mol. The number of carbonyl (C=O) groups is 1. The Hall–Kier alpha value is -0.580. The highest BCUT2D eigenvalue weighted by molar-refractivity contribution is 9.10. The lowest BCUT2D eigenvalue weighted by Crippen LogP contribution is -2.15. The monoisotopic (exact) mass is 292 g/mol. The van der Waals surface area contributed by atoms with Crippen LogP contribution in [0.15, 0.2) is 22.7 Å². The lowest BCUT2D eigenvalue weighted by molar-refractivity contribution is -0.153. The summed E-state index contributed by atoms with van der Waals surface area (Å²) in [5, 5.41) is 9.94. The van der Waals surface area contributed by atoms with Crippen LogP contribution in [0.1, 0.15) is 18.6 Å². The van der Waals surface area contributed by atoms with Gasteiger partial charge in [-0.3, -0.25) is 0 Å². The van der Waals surface area contributed by atoms with Crippen molar-refractivity contribution in [1.29, 1.82) is 0 Å². The lowest BCUT2D eigenvalue weighted by Gasteiger charge is -2.11. The molecule has 0 amide bonds. The molecule has 0 fully saturated rings. The summed E-state index contributed by atoms with van der Waals surface area (Å²) in [4.78, 5) is 11.2. The standard InChI is InChI=1S/C10H10BrClO3/c1-2-15-10(14)9(13)7-4-3-6(11)5-8(7)12/h3-5,9,13H,2H2,1H3. The van der Waals surface area contributed by atoms with E-state index >= 15 is 0 Å². The Balaban J connectivity index is 2.91. The summed E-state index contributed by atoms with van der Waals surface area (Å²) in [5.41, 5.74) is 0.346. The molecule has 0 aliphatic heterocycles. The SMILES string of the molecule is CCOC(=O)C(O)c1ccc(Br)cc1Cl. The minimum absolute atomic E-state index is 0.226. The summed E-state index contributed by atoms with van der Waals surface area (Å²) in [6.45, 7) is 1.90. The Bertz CT molecular complexity index is 368. The van der Waals surface area contributed by atoms with Gasteiger partial charge in [0.1, 0.15) is 0 Å². The maximum Gasteiger partial charge on any atom is 0.339 e. The zero-order valence-corrected chi connectivity index (χ0v) is 10.4. The van der Waals surface area contributed by atoms with Crippen molar-refractivity contribution in [1.82, 2.24) is 0 Å². The zero-order valence-electron chi connectivity index (χ0n) is 8.04. The van der Waals surface area contributed by atoms with Crippen LogP contribution in [-0.2, 0) is 9.53 Å². The highest BCUT2D eigenvalue weighted by atomic mass is 79.9. The summed E-state index contributed by atoms with van der Waals surface area (Å²) in [6, 6.07) is 4.89. The maximum absolute atomic E-state index is 11.2. The van der Waals surface area contributed by atoms with E-state index in [1.54, 1.807) is 25.1 Å². The molecule has 15 heavy (non-hydrogen) atoms. The number of rotatable bonds is 3. The number of ether oxygens (including phenoxy) is 1. The van der Waals surface area contributed by atoms with Crippen molar-refractivity contribution in [3.63, 3.8) is 0 Å². The van der Waals surface area contributed by atoms with Gasteiger partial charge < -0.3 is 9.84 Å². The Morgan fingerprint density at radius 2 is 2.33 bits per heavy atom. The predicted octanol–water partition coefficient (Wildman–Crippen LogP) is 2.70. The second-order valence-corrected chi connectivity index (χ2v) is 4.14. The van der Waals surface area contributed by atoms with Crippen LogP contribution in [0.3, 0.4) is 0 Å².